The minimum absolute atomic E-state index is 0.116. The van der Waals surface area contributed by atoms with Crippen LogP contribution in [0.25, 0.3) is 0 Å². The Balaban J connectivity index is 1.38. The molecule has 0 saturated carbocycles. The van der Waals surface area contributed by atoms with Gasteiger partial charge in [-0.1, -0.05) is 6.07 Å². The Labute approximate surface area is 157 Å². The summed E-state index contributed by atoms with van der Waals surface area (Å²) in [7, 11) is 0. The van der Waals surface area contributed by atoms with Crippen molar-refractivity contribution in [2.45, 2.75) is 6.54 Å². The first-order chi connectivity index (χ1) is 13.1. The van der Waals surface area contributed by atoms with Crippen molar-refractivity contribution in [1.82, 2.24) is 20.1 Å². The highest BCUT2D eigenvalue weighted by Crippen LogP contribution is 2.09. The zero-order valence-corrected chi connectivity index (χ0v) is 14.9. The lowest BCUT2D eigenvalue weighted by Gasteiger charge is -2.34. The molecular formula is C19H22FN5O2. The van der Waals surface area contributed by atoms with Crippen molar-refractivity contribution in [3.05, 3.63) is 60.2 Å². The lowest BCUT2D eigenvalue weighted by Crippen LogP contribution is -2.52. The summed E-state index contributed by atoms with van der Waals surface area (Å²) in [5.41, 5.74) is 1.51. The number of pyridine rings is 1. The van der Waals surface area contributed by atoms with E-state index in [1.807, 2.05) is 17.0 Å². The van der Waals surface area contributed by atoms with Crippen molar-refractivity contribution in [2.24, 2.45) is 0 Å². The van der Waals surface area contributed by atoms with E-state index >= 15 is 0 Å². The van der Waals surface area contributed by atoms with Crippen molar-refractivity contribution < 1.29 is 14.0 Å². The third-order valence-corrected chi connectivity index (χ3v) is 4.32. The number of nitrogens with one attached hydrogen (secondary N) is 2. The van der Waals surface area contributed by atoms with E-state index < -0.39 is 0 Å². The number of amides is 3. The van der Waals surface area contributed by atoms with Gasteiger partial charge in [-0.15, -0.1) is 0 Å². The molecule has 0 radical (unpaired) electrons. The van der Waals surface area contributed by atoms with Gasteiger partial charge >= 0.3 is 6.03 Å². The number of anilines is 1. The number of carbonyl (C=O) groups excluding carboxylic acids is 2. The normalized spacial score (nSPS) is 14.6. The molecule has 2 aromatic rings. The monoisotopic (exact) mass is 371 g/mol. The summed E-state index contributed by atoms with van der Waals surface area (Å²) in [6.45, 7) is 3.04. The fourth-order valence-electron chi connectivity index (χ4n) is 2.84. The number of rotatable bonds is 5. The van der Waals surface area contributed by atoms with E-state index in [1.165, 1.54) is 24.3 Å². The van der Waals surface area contributed by atoms with Crippen molar-refractivity contribution in [1.29, 1.82) is 0 Å². The minimum Gasteiger partial charge on any atom is -0.334 e. The van der Waals surface area contributed by atoms with Crippen LogP contribution in [-0.4, -0.2) is 59.4 Å². The Hall–Kier alpha value is -3.00. The molecule has 3 amide bonds. The fourth-order valence-corrected chi connectivity index (χ4v) is 2.84. The van der Waals surface area contributed by atoms with Crippen LogP contribution in [0.15, 0.2) is 48.8 Å². The van der Waals surface area contributed by atoms with Gasteiger partial charge in [0.15, 0.2) is 0 Å². The van der Waals surface area contributed by atoms with E-state index in [9.17, 15) is 14.0 Å². The topological polar surface area (TPSA) is 77.6 Å². The average Bonchev–Trinajstić information content (AvgIpc) is 2.69. The van der Waals surface area contributed by atoms with Gasteiger partial charge < -0.3 is 15.5 Å². The molecule has 1 aliphatic rings. The predicted molar refractivity (Wildman–Crippen MR) is 99.5 cm³/mol. The van der Waals surface area contributed by atoms with Crippen LogP contribution in [0, 0.1) is 5.82 Å². The van der Waals surface area contributed by atoms with Gasteiger partial charge in [0.25, 0.3) is 0 Å². The second-order valence-corrected chi connectivity index (χ2v) is 6.34. The molecule has 0 bridgehead atoms. The second-order valence-electron chi connectivity index (χ2n) is 6.34. The summed E-state index contributed by atoms with van der Waals surface area (Å²) >= 11 is 0. The average molecular weight is 371 g/mol. The number of nitrogens with zero attached hydrogens (tertiary/aromatic N) is 3. The Morgan fingerprint density at radius 1 is 1.07 bits per heavy atom. The predicted octanol–water partition coefficient (Wildman–Crippen LogP) is 1.69. The molecule has 0 unspecified atom stereocenters. The molecule has 2 heterocycles. The highest BCUT2D eigenvalue weighted by Gasteiger charge is 2.22. The highest BCUT2D eigenvalue weighted by atomic mass is 19.1. The zero-order valence-electron chi connectivity index (χ0n) is 14.9. The molecular weight excluding hydrogens is 349 g/mol. The number of halogens is 1. The lowest BCUT2D eigenvalue weighted by molar-refractivity contribution is -0.117. The van der Waals surface area contributed by atoms with Crippen LogP contribution >= 0.6 is 0 Å². The summed E-state index contributed by atoms with van der Waals surface area (Å²) < 4.78 is 12.9. The number of benzene rings is 1. The van der Waals surface area contributed by atoms with Gasteiger partial charge in [0.1, 0.15) is 5.82 Å². The van der Waals surface area contributed by atoms with E-state index in [-0.39, 0.29) is 24.3 Å². The molecule has 0 atom stereocenters. The molecule has 1 aromatic carbocycles. The van der Waals surface area contributed by atoms with Crippen molar-refractivity contribution in [3.63, 3.8) is 0 Å². The summed E-state index contributed by atoms with van der Waals surface area (Å²) in [5, 5.41) is 5.62. The van der Waals surface area contributed by atoms with Crippen LogP contribution in [0.3, 0.4) is 0 Å². The standard InChI is InChI=1S/C19H22FN5O2/c20-16-3-5-17(6-4-16)23-18(26)14-24-8-10-25(11-9-24)19(27)22-13-15-2-1-7-21-12-15/h1-7,12H,8-11,13-14H2,(H,22,27)(H,23,26). The maximum absolute atomic E-state index is 12.9. The van der Waals surface area contributed by atoms with Crippen LogP contribution in [0.4, 0.5) is 14.9 Å². The van der Waals surface area contributed by atoms with Gasteiger partial charge in [-0.3, -0.25) is 14.7 Å². The van der Waals surface area contributed by atoms with Gasteiger partial charge in [-0.25, -0.2) is 9.18 Å². The molecule has 1 aromatic heterocycles. The molecule has 142 valence electrons. The molecule has 1 saturated heterocycles. The first-order valence-electron chi connectivity index (χ1n) is 8.79. The van der Waals surface area contributed by atoms with Gasteiger partial charge in [-0.05, 0) is 35.9 Å². The Morgan fingerprint density at radius 3 is 2.48 bits per heavy atom. The summed E-state index contributed by atoms with van der Waals surface area (Å²) in [5.74, 6) is -0.498. The Morgan fingerprint density at radius 2 is 1.81 bits per heavy atom. The number of piperazine rings is 1. The Bertz CT molecular complexity index is 761. The number of carbonyl (C=O) groups is 2. The van der Waals surface area contributed by atoms with E-state index in [1.54, 1.807) is 17.3 Å². The molecule has 0 spiro atoms. The van der Waals surface area contributed by atoms with Crippen LogP contribution < -0.4 is 10.6 Å². The number of hydrogen-bond donors (Lipinski definition) is 2. The molecule has 3 rings (SSSR count). The van der Waals surface area contributed by atoms with E-state index in [2.05, 4.69) is 15.6 Å². The smallest absolute Gasteiger partial charge is 0.317 e. The highest BCUT2D eigenvalue weighted by molar-refractivity contribution is 5.92. The minimum atomic E-state index is -0.342. The molecule has 8 heteroatoms. The van der Waals surface area contributed by atoms with E-state index in [0.29, 0.717) is 38.4 Å². The fraction of sp³-hybridized carbons (Fsp3) is 0.316. The van der Waals surface area contributed by atoms with E-state index in [0.717, 1.165) is 5.56 Å². The van der Waals surface area contributed by atoms with E-state index in [4.69, 9.17) is 0 Å². The molecule has 1 aliphatic heterocycles. The van der Waals surface area contributed by atoms with Crippen molar-refractivity contribution in [3.8, 4) is 0 Å². The molecule has 7 nitrogen and oxygen atoms in total. The van der Waals surface area contributed by atoms with Crippen LogP contribution in [-0.2, 0) is 11.3 Å². The number of hydrogen-bond acceptors (Lipinski definition) is 4. The SMILES string of the molecule is O=C(CN1CCN(C(=O)NCc2cccnc2)CC1)Nc1ccc(F)cc1. The summed E-state index contributed by atoms with van der Waals surface area (Å²) in [6, 6.07) is 9.28. The third kappa shape index (κ3) is 5.75. The third-order valence-electron chi connectivity index (χ3n) is 4.32. The first kappa shape index (κ1) is 18.8. The molecule has 1 fully saturated rings. The molecule has 2 N–H and O–H groups in total. The maximum atomic E-state index is 12.9. The second kappa shape index (κ2) is 9.09. The van der Waals surface area contributed by atoms with Gasteiger partial charge in [-0.2, -0.15) is 0 Å². The Kier molecular flexibility index (Phi) is 6.32. The number of aromatic nitrogens is 1. The largest absolute Gasteiger partial charge is 0.334 e. The maximum Gasteiger partial charge on any atom is 0.317 e. The molecule has 27 heavy (non-hydrogen) atoms. The van der Waals surface area contributed by atoms with Crippen LogP contribution in [0.5, 0.6) is 0 Å². The lowest BCUT2D eigenvalue weighted by atomic mass is 10.3. The van der Waals surface area contributed by atoms with Gasteiger partial charge in [0.2, 0.25) is 5.91 Å². The first-order valence-corrected chi connectivity index (χ1v) is 8.79. The quantitative estimate of drug-likeness (QED) is 0.839. The van der Waals surface area contributed by atoms with Crippen molar-refractivity contribution >= 4 is 17.6 Å². The summed E-state index contributed by atoms with van der Waals surface area (Å²) in [6.07, 6.45) is 3.41. The van der Waals surface area contributed by atoms with Crippen LogP contribution in [0.1, 0.15) is 5.56 Å². The van der Waals surface area contributed by atoms with Gasteiger partial charge in [0, 0.05) is 50.8 Å². The van der Waals surface area contributed by atoms with Crippen molar-refractivity contribution in [2.75, 3.05) is 38.0 Å². The molecule has 0 aliphatic carbocycles. The van der Waals surface area contributed by atoms with Gasteiger partial charge in [0.05, 0.1) is 6.54 Å². The van der Waals surface area contributed by atoms with Crippen LogP contribution in [0.2, 0.25) is 0 Å². The zero-order chi connectivity index (χ0) is 19.1. The summed E-state index contributed by atoms with van der Waals surface area (Å²) in [4.78, 5) is 32.1. The number of urea groups is 1.